The van der Waals surface area contributed by atoms with Crippen molar-refractivity contribution in [3.63, 3.8) is 0 Å². The quantitative estimate of drug-likeness (QED) is 0.823. The van der Waals surface area contributed by atoms with E-state index < -0.39 is 0 Å². The van der Waals surface area contributed by atoms with Gasteiger partial charge in [0.2, 0.25) is 0 Å². The van der Waals surface area contributed by atoms with Gasteiger partial charge in [0.05, 0.1) is 6.04 Å². The first-order valence-electron chi connectivity index (χ1n) is 7.80. The first kappa shape index (κ1) is 14.4. The average Bonchev–Trinajstić information content (AvgIpc) is 2.92. The van der Waals surface area contributed by atoms with Gasteiger partial charge in [-0.1, -0.05) is 39.0 Å². The van der Waals surface area contributed by atoms with Crippen LogP contribution in [0.2, 0.25) is 0 Å². The molecule has 1 heterocycles. The molecule has 0 saturated heterocycles. The number of rotatable bonds is 7. The van der Waals surface area contributed by atoms with Crippen LogP contribution in [0.4, 0.5) is 0 Å². The predicted octanol–water partition coefficient (Wildman–Crippen LogP) is 2.70. The summed E-state index contributed by atoms with van der Waals surface area (Å²) in [6.45, 7) is 6.28. The van der Waals surface area contributed by atoms with E-state index >= 15 is 0 Å². The maximum Gasteiger partial charge on any atom is 0.167 e. The minimum atomic E-state index is 0.237. The van der Waals surface area contributed by atoms with E-state index in [1.54, 1.807) is 0 Å². The van der Waals surface area contributed by atoms with Gasteiger partial charge >= 0.3 is 0 Å². The highest BCUT2D eigenvalue weighted by Crippen LogP contribution is 2.26. The Labute approximate surface area is 116 Å². The van der Waals surface area contributed by atoms with E-state index in [2.05, 4.69) is 34.7 Å². The van der Waals surface area contributed by atoms with Crippen LogP contribution in [-0.4, -0.2) is 26.8 Å². The fourth-order valence-corrected chi connectivity index (χ4v) is 2.91. The zero-order chi connectivity index (χ0) is 13.5. The smallest absolute Gasteiger partial charge is 0.167 e. The number of hydrogen-bond donors (Lipinski definition) is 1. The molecule has 1 unspecified atom stereocenters. The van der Waals surface area contributed by atoms with E-state index in [-0.39, 0.29) is 6.04 Å². The van der Waals surface area contributed by atoms with Crippen LogP contribution in [-0.2, 0) is 6.54 Å². The first-order valence-corrected chi connectivity index (χ1v) is 7.80. The van der Waals surface area contributed by atoms with Crippen molar-refractivity contribution in [2.45, 2.75) is 71.4 Å². The SMILES string of the molecule is CCCNC(C)c1nnnn1CCC1CCCCC1. The van der Waals surface area contributed by atoms with Gasteiger partial charge in [-0.15, -0.1) is 5.10 Å². The number of aromatic nitrogens is 4. The second-order valence-electron chi connectivity index (χ2n) is 5.73. The Morgan fingerprint density at radius 3 is 2.84 bits per heavy atom. The van der Waals surface area contributed by atoms with Gasteiger partial charge in [-0.2, -0.15) is 0 Å². The molecule has 0 aliphatic heterocycles. The molecule has 0 spiro atoms. The van der Waals surface area contributed by atoms with Crippen LogP contribution in [0.1, 0.15) is 70.7 Å². The van der Waals surface area contributed by atoms with E-state index in [0.29, 0.717) is 0 Å². The summed E-state index contributed by atoms with van der Waals surface area (Å²) in [6, 6.07) is 0.237. The third-order valence-electron chi connectivity index (χ3n) is 4.12. The van der Waals surface area contributed by atoms with E-state index in [1.165, 1.54) is 38.5 Å². The van der Waals surface area contributed by atoms with Crippen molar-refractivity contribution in [1.82, 2.24) is 25.5 Å². The molecule has 1 aliphatic rings. The van der Waals surface area contributed by atoms with Crippen LogP contribution in [0.5, 0.6) is 0 Å². The van der Waals surface area contributed by atoms with Crippen molar-refractivity contribution >= 4 is 0 Å². The molecule has 19 heavy (non-hydrogen) atoms. The molecule has 0 bridgehead atoms. The summed E-state index contributed by atoms with van der Waals surface area (Å²) in [5.41, 5.74) is 0. The third kappa shape index (κ3) is 4.27. The Balaban J connectivity index is 1.84. The second-order valence-corrected chi connectivity index (χ2v) is 5.73. The summed E-state index contributed by atoms with van der Waals surface area (Å²) >= 11 is 0. The lowest BCUT2D eigenvalue weighted by molar-refractivity contribution is 0.313. The highest BCUT2D eigenvalue weighted by Gasteiger charge is 2.17. The highest BCUT2D eigenvalue weighted by atomic mass is 15.5. The Hall–Kier alpha value is -0.970. The minimum absolute atomic E-state index is 0.237. The van der Waals surface area contributed by atoms with Crippen LogP contribution in [0, 0.1) is 5.92 Å². The van der Waals surface area contributed by atoms with Gasteiger partial charge < -0.3 is 5.32 Å². The zero-order valence-electron chi connectivity index (χ0n) is 12.3. The maximum atomic E-state index is 4.17. The molecule has 0 radical (unpaired) electrons. The van der Waals surface area contributed by atoms with E-state index in [9.17, 15) is 0 Å². The fraction of sp³-hybridized carbons (Fsp3) is 0.929. The summed E-state index contributed by atoms with van der Waals surface area (Å²) in [5.74, 6) is 1.86. The number of hydrogen-bond acceptors (Lipinski definition) is 4. The van der Waals surface area contributed by atoms with Crippen molar-refractivity contribution < 1.29 is 0 Å². The molecular weight excluding hydrogens is 238 g/mol. The second kappa shape index (κ2) is 7.58. The number of nitrogens with zero attached hydrogens (tertiary/aromatic N) is 4. The van der Waals surface area contributed by atoms with Gasteiger partial charge in [0.25, 0.3) is 0 Å². The van der Waals surface area contributed by atoms with Crippen molar-refractivity contribution in [2.24, 2.45) is 5.92 Å². The third-order valence-corrected chi connectivity index (χ3v) is 4.12. The lowest BCUT2D eigenvalue weighted by Gasteiger charge is -2.21. The minimum Gasteiger partial charge on any atom is -0.307 e. The monoisotopic (exact) mass is 265 g/mol. The molecule has 0 aromatic carbocycles. The Morgan fingerprint density at radius 2 is 2.11 bits per heavy atom. The molecule has 1 atom stereocenters. The lowest BCUT2D eigenvalue weighted by atomic mass is 9.87. The largest absolute Gasteiger partial charge is 0.307 e. The highest BCUT2D eigenvalue weighted by molar-refractivity contribution is 4.89. The number of nitrogens with one attached hydrogen (secondary N) is 1. The van der Waals surface area contributed by atoms with Crippen LogP contribution in [0.25, 0.3) is 0 Å². The molecule has 1 aromatic heterocycles. The van der Waals surface area contributed by atoms with Crippen molar-refractivity contribution in [3.8, 4) is 0 Å². The molecule has 1 aromatic rings. The summed E-state index contributed by atoms with van der Waals surface area (Å²) < 4.78 is 1.99. The summed E-state index contributed by atoms with van der Waals surface area (Å²) in [4.78, 5) is 0. The standard InChI is InChI=1S/C14H27N5/c1-3-10-15-12(2)14-16-17-18-19(14)11-9-13-7-5-4-6-8-13/h12-13,15H,3-11H2,1-2H3. The topological polar surface area (TPSA) is 55.6 Å². The molecule has 1 saturated carbocycles. The van der Waals surface area contributed by atoms with Gasteiger partial charge in [-0.3, -0.25) is 0 Å². The summed E-state index contributed by atoms with van der Waals surface area (Å²) in [6.07, 6.45) is 9.36. The lowest BCUT2D eigenvalue weighted by Crippen LogP contribution is -2.23. The van der Waals surface area contributed by atoms with E-state index in [4.69, 9.17) is 0 Å². The van der Waals surface area contributed by atoms with Gasteiger partial charge in [-0.05, 0) is 42.7 Å². The van der Waals surface area contributed by atoms with Gasteiger partial charge in [0.1, 0.15) is 0 Å². The summed E-state index contributed by atoms with van der Waals surface area (Å²) in [7, 11) is 0. The Bertz CT molecular complexity index is 356. The van der Waals surface area contributed by atoms with E-state index in [1.807, 2.05) is 4.68 Å². The zero-order valence-corrected chi connectivity index (χ0v) is 12.3. The normalized spacial score (nSPS) is 18.6. The first-order chi connectivity index (χ1) is 9.31. The molecule has 0 amide bonds. The summed E-state index contributed by atoms with van der Waals surface area (Å²) in [5, 5.41) is 15.6. The Kier molecular flexibility index (Phi) is 5.76. The molecule has 5 heteroatoms. The van der Waals surface area contributed by atoms with Crippen LogP contribution in [0.15, 0.2) is 0 Å². The van der Waals surface area contributed by atoms with Crippen molar-refractivity contribution in [3.05, 3.63) is 5.82 Å². The maximum absolute atomic E-state index is 4.17. The molecule has 2 rings (SSSR count). The van der Waals surface area contributed by atoms with Crippen molar-refractivity contribution in [2.75, 3.05) is 6.54 Å². The van der Waals surface area contributed by atoms with Gasteiger partial charge in [0, 0.05) is 6.54 Å². The average molecular weight is 265 g/mol. The molecule has 1 fully saturated rings. The molecular formula is C14H27N5. The van der Waals surface area contributed by atoms with Gasteiger partial charge in [-0.25, -0.2) is 4.68 Å². The molecule has 1 N–H and O–H groups in total. The predicted molar refractivity (Wildman–Crippen MR) is 75.7 cm³/mol. The van der Waals surface area contributed by atoms with Crippen LogP contribution < -0.4 is 5.32 Å². The van der Waals surface area contributed by atoms with Crippen molar-refractivity contribution in [1.29, 1.82) is 0 Å². The number of aryl methyl sites for hydroxylation is 1. The number of tetrazole rings is 1. The fourth-order valence-electron chi connectivity index (χ4n) is 2.91. The van der Waals surface area contributed by atoms with Crippen LogP contribution >= 0.6 is 0 Å². The van der Waals surface area contributed by atoms with Crippen LogP contribution in [0.3, 0.4) is 0 Å². The Morgan fingerprint density at radius 1 is 1.32 bits per heavy atom. The molecule has 1 aliphatic carbocycles. The molecule has 108 valence electrons. The van der Waals surface area contributed by atoms with E-state index in [0.717, 1.165) is 31.3 Å². The molecule has 5 nitrogen and oxygen atoms in total. The van der Waals surface area contributed by atoms with Gasteiger partial charge in [0.15, 0.2) is 5.82 Å².